The molecule has 0 saturated carbocycles. The Hall–Kier alpha value is -1.64. The van der Waals surface area contributed by atoms with Crippen LogP contribution in [0.1, 0.15) is 0 Å². The number of hydrogen-bond donors (Lipinski definition) is 0. The zero-order valence-corrected chi connectivity index (χ0v) is 4.02. The number of hydrogen-bond acceptors (Lipinski definition) is 0. The number of rotatable bonds is 0. The summed E-state index contributed by atoms with van der Waals surface area (Å²) in [4.78, 5) is 4.50. The summed E-state index contributed by atoms with van der Waals surface area (Å²) in [7, 11) is 0. The molecule has 0 aromatic rings. The van der Waals surface area contributed by atoms with Gasteiger partial charge in [-0.05, 0) is 0 Å². The highest BCUT2D eigenvalue weighted by atomic mass is 31.0. The van der Waals surface area contributed by atoms with Crippen LogP contribution in [0, 0.1) is 0 Å². The fourth-order valence-electron chi connectivity index (χ4n) is 0. The second kappa shape index (κ2) is 161. The van der Waals surface area contributed by atoms with Crippen LogP contribution >= 0.6 is 9.90 Å². The summed E-state index contributed by atoms with van der Waals surface area (Å²) in [6, 6.07) is 0. The first-order valence-electron chi connectivity index (χ1n) is 1.20. The summed E-state index contributed by atoms with van der Waals surface area (Å²) >= 11 is 0. The van der Waals surface area contributed by atoms with Crippen LogP contribution in [0.2, 0.25) is 0 Å². The first kappa shape index (κ1) is 23.8. The molecule has 0 saturated heterocycles. The van der Waals surface area contributed by atoms with E-state index in [-0.39, 0.29) is 9.90 Å². The average molecular weight is 163 g/mol. The molecule has 0 fully saturated rings. The van der Waals surface area contributed by atoms with Crippen molar-refractivity contribution in [2.45, 2.75) is 0 Å². The van der Waals surface area contributed by atoms with E-state index in [0.29, 0.717) is 0 Å². The van der Waals surface area contributed by atoms with Gasteiger partial charge in [-0.3, -0.25) is 24.6 Å². The molecule has 0 bridgehead atoms. The van der Waals surface area contributed by atoms with Gasteiger partial charge in [-0.2, -0.15) is 0 Å². The van der Waals surface area contributed by atoms with Gasteiger partial charge in [0.05, 0.1) is 0 Å². The van der Waals surface area contributed by atoms with Crippen molar-refractivity contribution >= 4 is 9.90 Å². The second-order valence-corrected chi connectivity index (χ2v) is 0.268. The Bertz CT molecular complexity index is 96.3. The molecule has 0 aliphatic carbocycles. The van der Waals surface area contributed by atoms with Gasteiger partial charge in [-0.25, -0.2) is 0 Å². The summed E-state index contributed by atoms with van der Waals surface area (Å²) in [6.07, 6.45) is 0. The minimum Gasteiger partial charge on any atom is -0.373 e. The summed E-state index contributed by atoms with van der Waals surface area (Å²) in [5.41, 5.74) is 40.5. The van der Waals surface area contributed by atoms with E-state index in [0.717, 1.165) is 0 Å². The molecule has 0 aliphatic rings. The van der Waals surface area contributed by atoms with Gasteiger partial charge in [-0.15, -0.1) is 0 Å². The Balaban J connectivity index is -0.0000000257. The minimum atomic E-state index is 0. The predicted molar refractivity (Wildman–Crippen MR) is 45.5 cm³/mol. The molecule has 0 aromatic heterocycles. The molecule has 0 amide bonds. The fourth-order valence-corrected chi connectivity index (χ4v) is 0. The second-order valence-electron chi connectivity index (χ2n) is 0.268. The molecule has 10 heavy (non-hydrogen) atoms. The standard InChI is InChI=1S/3N3.H6P/c3*1-3-2;/h;;;1H6/q3*-1;+3. The van der Waals surface area contributed by atoms with Crippen molar-refractivity contribution in [1.29, 1.82) is 0 Å². The molecular formula is H6N9P. The fraction of sp³-hybridized carbons (Fsp3) is 0. The molecule has 10 heteroatoms. The third-order valence-corrected chi connectivity index (χ3v) is 0. The van der Waals surface area contributed by atoms with E-state index in [9.17, 15) is 0 Å². The Labute approximate surface area is 58.9 Å². The van der Waals surface area contributed by atoms with Crippen LogP contribution in [0.15, 0.2) is 0 Å². The lowest BCUT2D eigenvalue weighted by molar-refractivity contribution is 2.36. The van der Waals surface area contributed by atoms with Crippen molar-refractivity contribution in [3.05, 3.63) is 47.9 Å². The Morgan fingerprint density at radius 2 is 0.500 bits per heavy atom. The molecule has 0 N–H and O–H groups in total. The van der Waals surface area contributed by atoms with Crippen LogP contribution in [0.5, 0.6) is 0 Å². The van der Waals surface area contributed by atoms with E-state index in [1.807, 2.05) is 0 Å². The molecule has 0 heterocycles. The van der Waals surface area contributed by atoms with Crippen molar-refractivity contribution in [3.8, 4) is 0 Å². The lowest BCUT2D eigenvalue weighted by atomic mass is 13.0. The minimum absolute atomic E-state index is 0. The van der Waals surface area contributed by atoms with Gasteiger partial charge in [0.15, 0.2) is 0 Å². The highest BCUT2D eigenvalue weighted by Gasteiger charge is 0.694. The Morgan fingerprint density at radius 3 is 0.500 bits per heavy atom. The average Bonchev–Trinajstić information content (AvgIpc) is 1.70. The quantitative estimate of drug-likeness (QED) is 0.219. The van der Waals surface area contributed by atoms with E-state index < -0.39 is 0 Å². The molecule has 0 radical (unpaired) electrons. The van der Waals surface area contributed by atoms with Crippen LogP contribution in [-0.4, -0.2) is 0 Å². The maximum absolute atomic E-state index is 6.75. The lowest BCUT2D eigenvalue weighted by Crippen LogP contribution is -0.711. The maximum Gasteiger partial charge on any atom is -0.255 e. The molecule has 0 spiro atoms. The van der Waals surface area contributed by atoms with Gasteiger partial charge in [0, 0.05) is 0 Å². The summed E-state index contributed by atoms with van der Waals surface area (Å²) in [5.74, 6) is 0. The van der Waals surface area contributed by atoms with Gasteiger partial charge in [0.25, 0.3) is 0 Å². The number of nitrogens with zero attached hydrogens (tertiary/aromatic N) is 9. The van der Waals surface area contributed by atoms with E-state index in [1.54, 1.807) is 0 Å². The third kappa shape index (κ3) is 67.9. The summed E-state index contributed by atoms with van der Waals surface area (Å²) in [6.45, 7) is 0. The van der Waals surface area contributed by atoms with Crippen LogP contribution in [0.25, 0.3) is 47.9 Å². The first-order valence-corrected chi connectivity index (χ1v) is 1.20. The zero-order valence-electron chi connectivity index (χ0n) is 4.02. The molecule has 0 aromatic carbocycles. The van der Waals surface area contributed by atoms with Gasteiger partial charge >= 0.3 is 0 Å². The van der Waals surface area contributed by atoms with Crippen LogP contribution in [0.3, 0.4) is 0 Å². The topological polar surface area (TPSA) is 176 Å². The van der Waals surface area contributed by atoms with Gasteiger partial charge < -0.3 is 33.2 Å². The van der Waals surface area contributed by atoms with Crippen molar-refractivity contribution in [1.82, 2.24) is 0 Å². The van der Waals surface area contributed by atoms with Crippen molar-refractivity contribution < 1.29 is 0 Å². The highest BCUT2D eigenvalue weighted by molar-refractivity contribution is 6.92. The Kier molecular flexibility index (Phi) is 383. The first-order chi connectivity index (χ1) is 4.24. The molecular weight excluding hydrogens is 157 g/mol. The Morgan fingerprint density at radius 1 is 0.500 bits per heavy atom. The van der Waals surface area contributed by atoms with Crippen LogP contribution in [-0.2, 0) is 0 Å². The smallest absolute Gasteiger partial charge is 0.255 e. The normalized spacial score (nSPS) is 2.40. The van der Waals surface area contributed by atoms with Gasteiger partial charge in [0.2, 0.25) is 0 Å². The lowest BCUT2D eigenvalue weighted by Gasteiger charge is -1.32. The summed E-state index contributed by atoms with van der Waals surface area (Å²) < 4.78 is 0. The third-order valence-electron chi connectivity index (χ3n) is 0. The van der Waals surface area contributed by atoms with Crippen molar-refractivity contribution in [2.24, 2.45) is 0 Å². The van der Waals surface area contributed by atoms with E-state index in [4.69, 9.17) is 33.2 Å². The molecule has 0 atom stereocenters. The van der Waals surface area contributed by atoms with E-state index in [1.165, 1.54) is 14.7 Å². The van der Waals surface area contributed by atoms with Crippen LogP contribution < -0.4 is 0 Å². The molecule has 9 nitrogen and oxygen atoms in total. The monoisotopic (exact) mass is 163 g/mol. The van der Waals surface area contributed by atoms with E-state index in [2.05, 4.69) is 0 Å². The largest absolute Gasteiger partial charge is 0.373 e. The SMILES string of the molecule is [N-]=[N+]=[N-].[N-]=[N+]=[N-].[N-]=[N+]=[N-].[PH6+3]. The molecule has 0 unspecified atom stereocenters. The van der Waals surface area contributed by atoms with Crippen molar-refractivity contribution in [3.63, 3.8) is 0 Å². The van der Waals surface area contributed by atoms with Gasteiger partial charge in [0.1, 0.15) is 0 Å². The zero-order chi connectivity index (χ0) is 8.12. The van der Waals surface area contributed by atoms with Crippen LogP contribution in [0.4, 0.5) is 0 Å². The van der Waals surface area contributed by atoms with E-state index >= 15 is 0 Å². The molecule has 0 aliphatic heterocycles. The van der Waals surface area contributed by atoms with Gasteiger partial charge in [-0.1, -0.05) is 0 Å². The van der Waals surface area contributed by atoms with Crippen molar-refractivity contribution in [2.75, 3.05) is 0 Å². The molecule has 0 rings (SSSR count). The highest BCUT2D eigenvalue weighted by Crippen LogP contribution is 1.30. The maximum atomic E-state index is 6.75. The predicted octanol–water partition coefficient (Wildman–Crippen LogP) is 1.85. The molecule has 56 valence electrons. The summed E-state index contributed by atoms with van der Waals surface area (Å²) in [5, 5.41) is 0.